The molecular weight excluding hydrogens is 330 g/mol. The first kappa shape index (κ1) is 18.1. The lowest BCUT2D eigenvalue weighted by Crippen LogP contribution is -2.39. The second-order valence-electron chi connectivity index (χ2n) is 6.51. The molecule has 6 heteroatoms. The number of amides is 1. The van der Waals surface area contributed by atoms with Crippen LogP contribution in [0, 0.1) is 0 Å². The summed E-state index contributed by atoms with van der Waals surface area (Å²) >= 11 is 0. The number of anilines is 1. The monoisotopic (exact) mass is 353 g/mol. The van der Waals surface area contributed by atoms with E-state index in [0.717, 1.165) is 30.8 Å². The number of aliphatic hydroxyl groups is 1. The van der Waals surface area contributed by atoms with Gasteiger partial charge in [0.15, 0.2) is 5.78 Å². The number of aromatic nitrogens is 1. The molecule has 2 N–H and O–H groups in total. The van der Waals surface area contributed by atoms with Crippen molar-refractivity contribution in [1.82, 2.24) is 10.3 Å². The van der Waals surface area contributed by atoms with Crippen molar-refractivity contribution >= 4 is 17.5 Å². The van der Waals surface area contributed by atoms with Crippen molar-refractivity contribution in [2.24, 2.45) is 0 Å². The first-order valence-corrected chi connectivity index (χ1v) is 8.81. The largest absolute Gasteiger partial charge is 0.391 e. The SMILES string of the molecule is CC(=O)c1ccccc1C(=O)NCc1cccnc1N1CCC[C@@H](O)C1. The number of aliphatic hydroxyl groups excluding tert-OH is 1. The van der Waals surface area contributed by atoms with E-state index in [-0.39, 0.29) is 17.8 Å². The highest BCUT2D eigenvalue weighted by Gasteiger charge is 2.21. The molecule has 1 amide bonds. The van der Waals surface area contributed by atoms with E-state index in [4.69, 9.17) is 0 Å². The summed E-state index contributed by atoms with van der Waals surface area (Å²) in [6.45, 7) is 3.14. The Morgan fingerprint density at radius 3 is 2.73 bits per heavy atom. The average Bonchev–Trinajstić information content (AvgIpc) is 2.66. The van der Waals surface area contributed by atoms with Crippen LogP contribution in [0.5, 0.6) is 0 Å². The van der Waals surface area contributed by atoms with Crippen LogP contribution >= 0.6 is 0 Å². The zero-order valence-electron chi connectivity index (χ0n) is 14.8. The highest BCUT2D eigenvalue weighted by Crippen LogP contribution is 2.22. The number of ketones is 1. The molecule has 1 atom stereocenters. The van der Waals surface area contributed by atoms with Gasteiger partial charge in [-0.1, -0.05) is 24.3 Å². The van der Waals surface area contributed by atoms with Crippen molar-refractivity contribution < 1.29 is 14.7 Å². The Kier molecular flexibility index (Phi) is 5.63. The molecule has 0 aliphatic carbocycles. The lowest BCUT2D eigenvalue weighted by Gasteiger charge is -2.32. The number of nitrogens with zero attached hydrogens (tertiary/aromatic N) is 2. The summed E-state index contributed by atoms with van der Waals surface area (Å²) in [5.41, 5.74) is 1.67. The molecule has 1 aromatic carbocycles. The van der Waals surface area contributed by atoms with Gasteiger partial charge in [-0.05, 0) is 31.9 Å². The Balaban J connectivity index is 1.74. The summed E-state index contributed by atoms with van der Waals surface area (Å²) in [5.74, 6) is 0.357. The molecule has 2 aromatic rings. The van der Waals surface area contributed by atoms with Gasteiger partial charge >= 0.3 is 0 Å². The third kappa shape index (κ3) is 4.08. The number of hydrogen-bond acceptors (Lipinski definition) is 5. The molecule has 1 aliphatic heterocycles. The Morgan fingerprint density at radius 2 is 2.00 bits per heavy atom. The Morgan fingerprint density at radius 1 is 1.23 bits per heavy atom. The maximum absolute atomic E-state index is 12.5. The van der Waals surface area contributed by atoms with Crippen molar-refractivity contribution in [3.05, 3.63) is 59.3 Å². The van der Waals surface area contributed by atoms with E-state index in [1.807, 2.05) is 12.1 Å². The van der Waals surface area contributed by atoms with Crippen LogP contribution < -0.4 is 10.2 Å². The molecule has 0 saturated carbocycles. The van der Waals surface area contributed by atoms with E-state index in [1.54, 1.807) is 30.5 Å². The van der Waals surface area contributed by atoms with Gasteiger partial charge in [0.2, 0.25) is 0 Å². The van der Waals surface area contributed by atoms with Crippen LogP contribution in [-0.4, -0.2) is 41.0 Å². The number of β-amino-alcohol motifs (C(OH)–C–C–N with tert-alkyl or cyclic N) is 1. The van der Waals surface area contributed by atoms with E-state index in [0.29, 0.717) is 24.2 Å². The molecule has 0 bridgehead atoms. The van der Waals surface area contributed by atoms with Crippen LogP contribution in [0.15, 0.2) is 42.6 Å². The van der Waals surface area contributed by atoms with Crippen LogP contribution in [0.1, 0.15) is 46.0 Å². The van der Waals surface area contributed by atoms with Gasteiger partial charge in [-0.15, -0.1) is 0 Å². The van der Waals surface area contributed by atoms with Crippen LogP contribution in [0.25, 0.3) is 0 Å². The summed E-state index contributed by atoms with van der Waals surface area (Å²) in [5, 5.41) is 12.8. The molecule has 1 fully saturated rings. The van der Waals surface area contributed by atoms with Crippen molar-refractivity contribution in [2.75, 3.05) is 18.0 Å². The van der Waals surface area contributed by atoms with Gasteiger partial charge < -0.3 is 15.3 Å². The van der Waals surface area contributed by atoms with Gasteiger partial charge in [0.1, 0.15) is 5.82 Å². The van der Waals surface area contributed by atoms with Crippen molar-refractivity contribution in [1.29, 1.82) is 0 Å². The fourth-order valence-corrected chi connectivity index (χ4v) is 3.26. The number of carbonyl (C=O) groups excluding carboxylic acids is 2. The molecule has 26 heavy (non-hydrogen) atoms. The zero-order valence-corrected chi connectivity index (χ0v) is 14.8. The molecule has 6 nitrogen and oxygen atoms in total. The predicted molar refractivity (Wildman–Crippen MR) is 99.3 cm³/mol. The van der Waals surface area contributed by atoms with Crippen molar-refractivity contribution in [3.63, 3.8) is 0 Å². The van der Waals surface area contributed by atoms with Gasteiger partial charge in [0, 0.05) is 37.0 Å². The smallest absolute Gasteiger partial charge is 0.252 e. The van der Waals surface area contributed by atoms with E-state index in [9.17, 15) is 14.7 Å². The maximum Gasteiger partial charge on any atom is 0.252 e. The highest BCUT2D eigenvalue weighted by molar-refractivity contribution is 6.07. The van der Waals surface area contributed by atoms with E-state index in [2.05, 4.69) is 15.2 Å². The minimum Gasteiger partial charge on any atom is -0.391 e. The number of benzene rings is 1. The average molecular weight is 353 g/mol. The fraction of sp³-hybridized carbons (Fsp3) is 0.350. The second kappa shape index (κ2) is 8.10. The van der Waals surface area contributed by atoms with Crippen molar-refractivity contribution in [3.8, 4) is 0 Å². The third-order valence-corrected chi connectivity index (χ3v) is 4.55. The number of Topliss-reactive ketones (excluding diaryl/α,β-unsaturated/α-hetero) is 1. The van der Waals surface area contributed by atoms with Crippen molar-refractivity contribution in [2.45, 2.75) is 32.4 Å². The maximum atomic E-state index is 12.5. The zero-order chi connectivity index (χ0) is 18.5. The number of rotatable bonds is 5. The second-order valence-corrected chi connectivity index (χ2v) is 6.51. The molecule has 1 aromatic heterocycles. The van der Waals surface area contributed by atoms with Gasteiger partial charge in [0.05, 0.1) is 11.7 Å². The van der Waals surface area contributed by atoms with E-state index >= 15 is 0 Å². The lowest BCUT2D eigenvalue weighted by molar-refractivity contribution is 0.0936. The topological polar surface area (TPSA) is 82.5 Å². The lowest BCUT2D eigenvalue weighted by atomic mass is 10.0. The number of piperidine rings is 1. The van der Waals surface area contributed by atoms with E-state index in [1.165, 1.54) is 6.92 Å². The quantitative estimate of drug-likeness (QED) is 0.805. The first-order chi connectivity index (χ1) is 12.6. The molecule has 0 radical (unpaired) electrons. The van der Waals surface area contributed by atoms with Crippen LogP contribution in [0.4, 0.5) is 5.82 Å². The highest BCUT2D eigenvalue weighted by atomic mass is 16.3. The van der Waals surface area contributed by atoms with Crippen LogP contribution in [-0.2, 0) is 6.54 Å². The molecular formula is C20H23N3O3. The third-order valence-electron chi connectivity index (χ3n) is 4.55. The van der Waals surface area contributed by atoms with Gasteiger partial charge in [-0.3, -0.25) is 9.59 Å². The molecule has 0 unspecified atom stereocenters. The van der Waals surface area contributed by atoms with Crippen LogP contribution in [0.2, 0.25) is 0 Å². The molecule has 1 saturated heterocycles. The van der Waals surface area contributed by atoms with Crippen LogP contribution in [0.3, 0.4) is 0 Å². The number of nitrogens with one attached hydrogen (secondary N) is 1. The summed E-state index contributed by atoms with van der Waals surface area (Å²) in [6.07, 6.45) is 3.08. The Hall–Kier alpha value is -2.73. The Bertz CT molecular complexity index is 806. The molecule has 3 rings (SSSR count). The predicted octanol–water partition coefficient (Wildman–Crippen LogP) is 2.18. The Labute approximate surface area is 152 Å². The normalized spacial score (nSPS) is 17.0. The van der Waals surface area contributed by atoms with Gasteiger partial charge in [-0.25, -0.2) is 4.98 Å². The molecule has 2 heterocycles. The van der Waals surface area contributed by atoms with Gasteiger partial charge in [0.25, 0.3) is 5.91 Å². The fourth-order valence-electron chi connectivity index (χ4n) is 3.26. The summed E-state index contributed by atoms with van der Waals surface area (Å²) in [7, 11) is 0. The summed E-state index contributed by atoms with van der Waals surface area (Å²) < 4.78 is 0. The first-order valence-electron chi connectivity index (χ1n) is 8.81. The number of pyridine rings is 1. The van der Waals surface area contributed by atoms with Gasteiger partial charge in [-0.2, -0.15) is 0 Å². The number of carbonyl (C=O) groups is 2. The summed E-state index contributed by atoms with van der Waals surface area (Å²) in [4.78, 5) is 30.8. The molecule has 136 valence electrons. The number of hydrogen-bond donors (Lipinski definition) is 2. The molecule has 0 spiro atoms. The molecule has 1 aliphatic rings. The standard InChI is InChI=1S/C20H23N3O3/c1-14(24)17-8-2-3-9-18(17)20(26)22-12-15-6-4-10-21-19(15)23-11-5-7-16(25)13-23/h2-4,6,8-10,16,25H,5,7,11-13H2,1H3,(H,22,26)/t16-/m1/s1. The van der Waals surface area contributed by atoms with E-state index < -0.39 is 0 Å². The minimum atomic E-state index is -0.351. The summed E-state index contributed by atoms with van der Waals surface area (Å²) in [6, 6.07) is 10.5. The minimum absolute atomic E-state index is 0.139.